The first-order valence-corrected chi connectivity index (χ1v) is 12.7. The van der Waals surface area contributed by atoms with Crippen molar-refractivity contribution in [1.29, 1.82) is 0 Å². The maximum absolute atomic E-state index is 11.8. The van der Waals surface area contributed by atoms with E-state index in [-0.39, 0.29) is 5.97 Å². The number of para-hydroxylation sites is 1. The zero-order valence-corrected chi connectivity index (χ0v) is 21.1. The maximum atomic E-state index is 11.8. The molecule has 1 aromatic heterocycles. The summed E-state index contributed by atoms with van der Waals surface area (Å²) in [4.78, 5) is 23.4. The average Bonchev–Trinajstić information content (AvgIpc) is 2.87. The number of aromatic nitrogens is 2. The second kappa shape index (κ2) is 12.0. The molecule has 0 unspecified atom stereocenters. The van der Waals surface area contributed by atoms with Crippen LogP contribution in [0.1, 0.15) is 54.9 Å². The molecule has 2 aromatic carbocycles. The van der Waals surface area contributed by atoms with Gasteiger partial charge in [0.05, 0.1) is 17.7 Å². The minimum Gasteiger partial charge on any atom is -0.462 e. The molecule has 0 radical (unpaired) electrons. The Kier molecular flexibility index (Phi) is 8.53. The fourth-order valence-corrected chi connectivity index (χ4v) is 4.71. The monoisotopic (exact) mass is 475 g/mol. The van der Waals surface area contributed by atoms with Gasteiger partial charge >= 0.3 is 5.97 Å². The van der Waals surface area contributed by atoms with Crippen molar-refractivity contribution in [1.82, 2.24) is 15.3 Å². The van der Waals surface area contributed by atoms with Gasteiger partial charge in [-0.2, -0.15) is 4.98 Å². The lowest BCUT2D eigenvalue weighted by Gasteiger charge is -2.30. The van der Waals surface area contributed by atoms with Crippen molar-refractivity contribution in [3.05, 3.63) is 59.7 Å². The molecule has 186 valence electrons. The number of carbonyl (C=O) groups excluding carboxylic acids is 1. The Morgan fingerprint density at radius 1 is 1.00 bits per heavy atom. The molecule has 1 aliphatic rings. The van der Waals surface area contributed by atoms with Crippen LogP contribution >= 0.6 is 0 Å². The molecule has 0 atom stereocenters. The van der Waals surface area contributed by atoms with Crippen LogP contribution in [-0.2, 0) is 11.2 Å². The van der Waals surface area contributed by atoms with E-state index in [1.165, 1.54) is 5.56 Å². The molecular formula is C28H37N5O2. The van der Waals surface area contributed by atoms with Crippen LogP contribution in [0.2, 0.25) is 0 Å². The van der Waals surface area contributed by atoms with Crippen molar-refractivity contribution in [3.8, 4) is 0 Å². The van der Waals surface area contributed by atoms with Gasteiger partial charge in [-0.15, -0.1) is 0 Å². The molecule has 7 nitrogen and oxygen atoms in total. The molecule has 0 saturated heterocycles. The Balaban J connectivity index is 1.20. The number of anilines is 2. The highest BCUT2D eigenvalue weighted by molar-refractivity contribution is 5.90. The minimum absolute atomic E-state index is 0.254. The third-order valence-electron chi connectivity index (χ3n) is 6.61. The zero-order valence-electron chi connectivity index (χ0n) is 21.1. The molecule has 4 rings (SSSR count). The van der Waals surface area contributed by atoms with Crippen LogP contribution in [0.25, 0.3) is 10.9 Å². The Bertz CT molecular complexity index is 1110. The van der Waals surface area contributed by atoms with E-state index in [4.69, 9.17) is 14.7 Å². The highest BCUT2D eigenvalue weighted by Crippen LogP contribution is 2.26. The molecule has 0 bridgehead atoms. The fourth-order valence-electron chi connectivity index (χ4n) is 4.71. The fraction of sp³-hybridized carbons (Fsp3) is 0.464. The SMILES string of the molecule is CCOC(=O)c1ccc(CCCN[C@H]2CC[C@@H](Nc3nc(N(C)C)c4ccccc4n3)CC2)cc1. The van der Waals surface area contributed by atoms with E-state index in [1.807, 2.05) is 68.4 Å². The summed E-state index contributed by atoms with van der Waals surface area (Å²) in [5.74, 6) is 1.41. The van der Waals surface area contributed by atoms with Crippen LogP contribution in [0.5, 0.6) is 0 Å². The minimum atomic E-state index is -0.254. The number of esters is 1. The zero-order chi connectivity index (χ0) is 24.6. The largest absolute Gasteiger partial charge is 0.462 e. The quantitative estimate of drug-likeness (QED) is 0.321. The van der Waals surface area contributed by atoms with E-state index in [0.717, 1.165) is 67.7 Å². The van der Waals surface area contributed by atoms with Crippen LogP contribution < -0.4 is 15.5 Å². The summed E-state index contributed by atoms with van der Waals surface area (Å²) in [5.41, 5.74) is 2.84. The van der Waals surface area contributed by atoms with E-state index in [2.05, 4.69) is 16.7 Å². The number of aryl methyl sites for hydroxylation is 1. The first kappa shape index (κ1) is 24.9. The van der Waals surface area contributed by atoms with Gasteiger partial charge in [-0.25, -0.2) is 9.78 Å². The van der Waals surface area contributed by atoms with Crippen molar-refractivity contribution in [2.24, 2.45) is 0 Å². The standard InChI is InChI=1S/C28H37N5O2/c1-4-35-27(34)21-13-11-20(12-14-21)8-7-19-29-22-15-17-23(18-16-22)30-28-31-25-10-6-5-9-24(25)26(32-28)33(2)3/h5-6,9-14,22-23,29H,4,7-8,15-19H2,1-3H3,(H,30,31,32)/t22-,23+. The van der Waals surface area contributed by atoms with Gasteiger partial charge in [-0.05, 0) is 81.8 Å². The van der Waals surface area contributed by atoms with E-state index >= 15 is 0 Å². The molecule has 0 amide bonds. The van der Waals surface area contributed by atoms with Gasteiger partial charge in [0.2, 0.25) is 5.95 Å². The predicted octanol–water partition coefficient (Wildman–Crippen LogP) is 4.82. The van der Waals surface area contributed by atoms with Crippen LogP contribution in [0.15, 0.2) is 48.5 Å². The van der Waals surface area contributed by atoms with E-state index in [1.54, 1.807) is 0 Å². The lowest BCUT2D eigenvalue weighted by molar-refractivity contribution is 0.0526. The van der Waals surface area contributed by atoms with Gasteiger partial charge in [0.1, 0.15) is 5.82 Å². The lowest BCUT2D eigenvalue weighted by atomic mass is 9.91. The topological polar surface area (TPSA) is 79.4 Å². The lowest BCUT2D eigenvalue weighted by Crippen LogP contribution is -2.37. The van der Waals surface area contributed by atoms with Gasteiger partial charge in [-0.1, -0.05) is 24.3 Å². The van der Waals surface area contributed by atoms with Gasteiger partial charge in [0.25, 0.3) is 0 Å². The Morgan fingerprint density at radius 2 is 1.71 bits per heavy atom. The molecule has 2 N–H and O–H groups in total. The van der Waals surface area contributed by atoms with Crippen LogP contribution in [-0.4, -0.2) is 55.3 Å². The van der Waals surface area contributed by atoms with Gasteiger partial charge in [-0.3, -0.25) is 0 Å². The molecule has 1 saturated carbocycles. The molecule has 7 heteroatoms. The van der Waals surface area contributed by atoms with Crippen molar-refractivity contribution in [2.75, 3.05) is 37.5 Å². The number of benzene rings is 2. The summed E-state index contributed by atoms with van der Waals surface area (Å²) in [7, 11) is 4.04. The Morgan fingerprint density at radius 3 is 2.43 bits per heavy atom. The van der Waals surface area contributed by atoms with E-state index in [9.17, 15) is 4.79 Å². The summed E-state index contributed by atoms with van der Waals surface area (Å²) in [5, 5.41) is 8.39. The van der Waals surface area contributed by atoms with Crippen LogP contribution in [0.4, 0.5) is 11.8 Å². The third kappa shape index (κ3) is 6.69. The second-order valence-electron chi connectivity index (χ2n) is 9.45. The number of ether oxygens (including phenoxy) is 1. The molecule has 0 spiro atoms. The number of nitrogens with zero attached hydrogens (tertiary/aromatic N) is 3. The number of rotatable bonds is 10. The maximum Gasteiger partial charge on any atom is 0.338 e. The molecule has 35 heavy (non-hydrogen) atoms. The number of carbonyl (C=O) groups is 1. The van der Waals surface area contributed by atoms with Crippen molar-refractivity contribution < 1.29 is 9.53 Å². The summed E-state index contributed by atoms with van der Waals surface area (Å²) < 4.78 is 5.04. The normalized spacial score (nSPS) is 17.8. The van der Waals surface area contributed by atoms with Crippen molar-refractivity contribution >= 4 is 28.6 Å². The number of fused-ring (bicyclic) bond motifs is 1. The number of hydrogen-bond acceptors (Lipinski definition) is 7. The van der Waals surface area contributed by atoms with E-state index < -0.39 is 0 Å². The van der Waals surface area contributed by atoms with E-state index in [0.29, 0.717) is 24.3 Å². The Hall–Kier alpha value is -3.19. The molecular weight excluding hydrogens is 438 g/mol. The third-order valence-corrected chi connectivity index (χ3v) is 6.61. The highest BCUT2D eigenvalue weighted by Gasteiger charge is 2.22. The van der Waals surface area contributed by atoms with Crippen LogP contribution in [0.3, 0.4) is 0 Å². The number of hydrogen-bond donors (Lipinski definition) is 2. The van der Waals surface area contributed by atoms with Gasteiger partial charge in [0, 0.05) is 31.6 Å². The van der Waals surface area contributed by atoms with Crippen LogP contribution in [0, 0.1) is 0 Å². The summed E-state index contributed by atoms with van der Waals surface area (Å²) >= 11 is 0. The van der Waals surface area contributed by atoms with Crippen molar-refractivity contribution in [3.63, 3.8) is 0 Å². The first-order chi connectivity index (χ1) is 17.0. The molecule has 3 aromatic rings. The molecule has 0 aliphatic heterocycles. The molecule has 1 fully saturated rings. The summed E-state index contributed by atoms with van der Waals surface area (Å²) in [6, 6.07) is 16.9. The van der Waals surface area contributed by atoms with Crippen molar-refractivity contribution in [2.45, 2.75) is 57.5 Å². The second-order valence-corrected chi connectivity index (χ2v) is 9.45. The summed E-state index contributed by atoms with van der Waals surface area (Å²) in [6.45, 7) is 3.23. The first-order valence-electron chi connectivity index (χ1n) is 12.7. The molecule has 1 heterocycles. The molecule has 1 aliphatic carbocycles. The summed E-state index contributed by atoms with van der Waals surface area (Å²) in [6.07, 6.45) is 6.61. The average molecular weight is 476 g/mol. The number of nitrogens with one attached hydrogen (secondary N) is 2. The Labute approximate surface area is 208 Å². The van der Waals surface area contributed by atoms with Gasteiger partial charge in [0.15, 0.2) is 0 Å². The highest BCUT2D eigenvalue weighted by atomic mass is 16.5. The smallest absolute Gasteiger partial charge is 0.338 e. The predicted molar refractivity (Wildman–Crippen MR) is 142 cm³/mol. The van der Waals surface area contributed by atoms with Gasteiger partial charge < -0.3 is 20.3 Å².